The van der Waals surface area contributed by atoms with E-state index in [1.165, 1.54) is 11.1 Å². The number of rotatable bonds is 4. The maximum atomic E-state index is 12.0. The van der Waals surface area contributed by atoms with Gasteiger partial charge in [0.25, 0.3) is 6.43 Å². The molecule has 1 aliphatic carbocycles. The van der Waals surface area contributed by atoms with Gasteiger partial charge in [0.15, 0.2) is 0 Å². The van der Waals surface area contributed by atoms with Crippen LogP contribution >= 0.6 is 0 Å². The molecule has 0 bridgehead atoms. The lowest BCUT2D eigenvalue weighted by Crippen LogP contribution is -2.42. The predicted octanol–water partition coefficient (Wildman–Crippen LogP) is 3.10. The molecule has 1 aliphatic rings. The van der Waals surface area contributed by atoms with Gasteiger partial charge in [-0.15, -0.1) is 0 Å². The van der Waals surface area contributed by atoms with Crippen molar-refractivity contribution in [2.24, 2.45) is 0 Å². The summed E-state index contributed by atoms with van der Waals surface area (Å²) in [5.74, 6) is 0.551. The summed E-state index contributed by atoms with van der Waals surface area (Å²) in [6, 6.07) is 8.73. The molecule has 0 aliphatic heterocycles. The number of hydrogen-bond donors (Lipinski definition) is 1. The van der Waals surface area contributed by atoms with Crippen molar-refractivity contribution in [3.63, 3.8) is 0 Å². The van der Waals surface area contributed by atoms with Gasteiger partial charge in [0.05, 0.1) is 6.54 Å². The summed E-state index contributed by atoms with van der Waals surface area (Å²) in [7, 11) is 0. The first-order chi connectivity index (χ1) is 7.65. The van der Waals surface area contributed by atoms with E-state index >= 15 is 0 Å². The van der Waals surface area contributed by atoms with Crippen LogP contribution in [0.4, 0.5) is 8.78 Å². The van der Waals surface area contributed by atoms with E-state index in [0.29, 0.717) is 5.92 Å². The van der Waals surface area contributed by atoms with Gasteiger partial charge in [0.2, 0.25) is 0 Å². The number of halogens is 2. The molecule has 16 heavy (non-hydrogen) atoms. The Labute approximate surface area is 94.9 Å². The lowest BCUT2D eigenvalue weighted by molar-refractivity contribution is 0.131. The van der Waals surface area contributed by atoms with Gasteiger partial charge in [0, 0.05) is 6.04 Å². The Morgan fingerprint density at radius 2 is 2.12 bits per heavy atom. The zero-order valence-electron chi connectivity index (χ0n) is 9.42. The molecule has 0 spiro atoms. The van der Waals surface area contributed by atoms with Crippen molar-refractivity contribution in [3.05, 3.63) is 35.4 Å². The Kier molecular flexibility index (Phi) is 3.54. The quantitative estimate of drug-likeness (QED) is 0.830. The molecule has 0 heterocycles. The van der Waals surface area contributed by atoms with E-state index in [0.717, 1.165) is 12.8 Å². The van der Waals surface area contributed by atoms with Gasteiger partial charge in [-0.25, -0.2) is 8.78 Å². The van der Waals surface area contributed by atoms with Crippen LogP contribution in [0, 0.1) is 6.92 Å². The van der Waals surface area contributed by atoms with Crippen molar-refractivity contribution in [2.75, 3.05) is 6.54 Å². The van der Waals surface area contributed by atoms with Gasteiger partial charge in [0.1, 0.15) is 0 Å². The van der Waals surface area contributed by atoms with Crippen molar-refractivity contribution in [3.8, 4) is 0 Å². The van der Waals surface area contributed by atoms with Crippen LogP contribution in [-0.2, 0) is 0 Å². The number of nitrogens with one attached hydrogen (secondary N) is 1. The van der Waals surface area contributed by atoms with Crippen LogP contribution in [0.1, 0.15) is 29.9 Å². The Hall–Kier alpha value is -0.960. The maximum Gasteiger partial charge on any atom is 0.250 e. The first-order valence-corrected chi connectivity index (χ1v) is 5.73. The van der Waals surface area contributed by atoms with E-state index in [-0.39, 0.29) is 12.6 Å². The molecule has 1 nitrogen and oxygen atoms in total. The number of aryl methyl sites for hydroxylation is 1. The highest BCUT2D eigenvalue weighted by Gasteiger charge is 2.30. The Morgan fingerprint density at radius 3 is 2.75 bits per heavy atom. The molecular formula is C13H17F2N. The molecule has 1 aromatic rings. The molecule has 0 saturated heterocycles. The Bertz CT molecular complexity index is 346. The van der Waals surface area contributed by atoms with Crippen LogP contribution in [0.2, 0.25) is 0 Å². The average molecular weight is 225 g/mol. The fourth-order valence-corrected chi connectivity index (χ4v) is 2.24. The molecule has 1 N–H and O–H groups in total. The summed E-state index contributed by atoms with van der Waals surface area (Å²) in [5, 5.41) is 2.88. The monoisotopic (exact) mass is 225 g/mol. The van der Waals surface area contributed by atoms with Crippen LogP contribution in [-0.4, -0.2) is 19.0 Å². The SMILES string of the molecule is Cc1cccc(C2CC(NCC(F)F)C2)c1. The van der Waals surface area contributed by atoms with Gasteiger partial charge in [-0.2, -0.15) is 0 Å². The van der Waals surface area contributed by atoms with Gasteiger partial charge >= 0.3 is 0 Å². The summed E-state index contributed by atoms with van der Waals surface area (Å²) in [6.07, 6.45) is -0.273. The highest BCUT2D eigenvalue weighted by atomic mass is 19.3. The standard InChI is InChI=1S/C13H17F2N/c1-9-3-2-4-10(5-9)11-6-12(7-11)16-8-13(14)15/h2-5,11-13,16H,6-8H2,1H3. The van der Waals surface area contributed by atoms with E-state index < -0.39 is 6.43 Å². The summed E-state index contributed by atoms with van der Waals surface area (Å²) in [5.41, 5.74) is 2.61. The van der Waals surface area contributed by atoms with Crippen LogP contribution in [0.5, 0.6) is 0 Å². The highest BCUT2D eigenvalue weighted by Crippen LogP contribution is 2.36. The minimum atomic E-state index is -2.24. The minimum absolute atomic E-state index is 0.175. The second kappa shape index (κ2) is 4.91. The molecule has 1 saturated carbocycles. The third-order valence-corrected chi connectivity index (χ3v) is 3.21. The van der Waals surface area contributed by atoms with Crippen molar-refractivity contribution in [2.45, 2.75) is 38.2 Å². The first-order valence-electron chi connectivity index (χ1n) is 5.73. The summed E-state index contributed by atoms with van der Waals surface area (Å²) in [6.45, 7) is 1.90. The molecule has 1 fully saturated rings. The highest BCUT2D eigenvalue weighted by molar-refractivity contribution is 5.27. The fraction of sp³-hybridized carbons (Fsp3) is 0.538. The largest absolute Gasteiger partial charge is 0.309 e. The first kappa shape index (κ1) is 11.5. The molecule has 0 aromatic heterocycles. The van der Waals surface area contributed by atoms with Crippen LogP contribution < -0.4 is 5.32 Å². The van der Waals surface area contributed by atoms with Gasteiger partial charge in [-0.1, -0.05) is 29.8 Å². The molecule has 1 aromatic carbocycles. The van der Waals surface area contributed by atoms with Crippen LogP contribution in [0.3, 0.4) is 0 Å². The topological polar surface area (TPSA) is 12.0 Å². The minimum Gasteiger partial charge on any atom is -0.309 e. The van der Waals surface area contributed by atoms with Crippen molar-refractivity contribution >= 4 is 0 Å². The third kappa shape index (κ3) is 2.79. The van der Waals surface area contributed by atoms with Crippen molar-refractivity contribution in [1.82, 2.24) is 5.32 Å². The number of benzene rings is 1. The predicted molar refractivity (Wildman–Crippen MR) is 60.9 cm³/mol. The molecule has 2 rings (SSSR count). The van der Waals surface area contributed by atoms with E-state index in [1.807, 2.05) is 0 Å². The Morgan fingerprint density at radius 1 is 1.38 bits per heavy atom. The summed E-state index contributed by atoms with van der Waals surface area (Å²) >= 11 is 0. The van der Waals surface area contributed by atoms with Crippen molar-refractivity contribution in [1.29, 1.82) is 0 Å². The summed E-state index contributed by atoms with van der Waals surface area (Å²) < 4.78 is 23.9. The van der Waals surface area contributed by atoms with E-state index in [2.05, 4.69) is 36.5 Å². The Balaban J connectivity index is 1.80. The molecule has 0 radical (unpaired) electrons. The second-order valence-corrected chi connectivity index (χ2v) is 4.58. The van der Waals surface area contributed by atoms with Crippen LogP contribution in [0.15, 0.2) is 24.3 Å². The normalized spacial score (nSPS) is 24.5. The maximum absolute atomic E-state index is 12.0. The molecule has 0 unspecified atom stereocenters. The zero-order chi connectivity index (χ0) is 11.5. The van der Waals surface area contributed by atoms with Gasteiger partial charge < -0.3 is 5.32 Å². The lowest BCUT2D eigenvalue weighted by Gasteiger charge is -2.36. The number of hydrogen-bond acceptors (Lipinski definition) is 1. The van der Waals surface area contributed by atoms with E-state index in [1.54, 1.807) is 0 Å². The van der Waals surface area contributed by atoms with Crippen LogP contribution in [0.25, 0.3) is 0 Å². The average Bonchev–Trinajstić information content (AvgIpc) is 2.14. The smallest absolute Gasteiger partial charge is 0.250 e. The number of alkyl halides is 2. The van der Waals surface area contributed by atoms with E-state index in [9.17, 15) is 8.78 Å². The molecule has 0 atom stereocenters. The van der Waals surface area contributed by atoms with Gasteiger partial charge in [-0.3, -0.25) is 0 Å². The third-order valence-electron chi connectivity index (χ3n) is 3.21. The zero-order valence-corrected chi connectivity index (χ0v) is 9.42. The summed E-state index contributed by atoms with van der Waals surface area (Å²) in [4.78, 5) is 0. The lowest BCUT2D eigenvalue weighted by atomic mass is 9.75. The molecular weight excluding hydrogens is 208 g/mol. The van der Waals surface area contributed by atoms with Gasteiger partial charge in [-0.05, 0) is 31.2 Å². The molecule has 88 valence electrons. The van der Waals surface area contributed by atoms with E-state index in [4.69, 9.17) is 0 Å². The molecule has 0 amide bonds. The fourth-order valence-electron chi connectivity index (χ4n) is 2.24. The van der Waals surface area contributed by atoms with Crippen molar-refractivity contribution < 1.29 is 8.78 Å². The second-order valence-electron chi connectivity index (χ2n) is 4.58. The molecule has 3 heteroatoms.